The first-order valence-electron chi connectivity index (χ1n) is 9.68. The fourth-order valence-corrected chi connectivity index (χ4v) is 4.20. The second-order valence-electron chi connectivity index (χ2n) is 7.80. The molecule has 0 radical (unpaired) electrons. The third-order valence-electron chi connectivity index (χ3n) is 5.60. The summed E-state index contributed by atoms with van der Waals surface area (Å²) in [7, 11) is 0. The lowest BCUT2D eigenvalue weighted by molar-refractivity contribution is 0.0157. The summed E-state index contributed by atoms with van der Waals surface area (Å²) in [5, 5.41) is 14.6. The molecule has 3 heterocycles. The number of aromatic amines is 1. The lowest BCUT2D eigenvalue weighted by atomic mass is 9.96. The summed E-state index contributed by atoms with van der Waals surface area (Å²) in [5.74, 6) is -3.93. The Bertz CT molecular complexity index is 1190. The Kier molecular flexibility index (Phi) is 5.28. The molecule has 0 saturated carbocycles. The van der Waals surface area contributed by atoms with Crippen molar-refractivity contribution in [2.45, 2.75) is 51.7 Å². The standard InChI is InChI=1S/C20H20ClF3N6O/c1-10-6-16-15(9-29(10)17-8-25-27-19(31)18(17)21)26-28-30(16)11(2)13-5-4-12(22)7-14(13)20(3,23)24/h4-5,7-8,10-11H,6,9H2,1-3H3,(H,27,31)/t10-,11-/m1/s1. The van der Waals surface area contributed by atoms with Gasteiger partial charge in [0.05, 0.1) is 30.2 Å². The van der Waals surface area contributed by atoms with Crippen molar-refractivity contribution in [2.24, 2.45) is 0 Å². The summed E-state index contributed by atoms with van der Waals surface area (Å²) in [6, 6.07) is 2.72. The normalized spacial score (nSPS) is 17.5. The van der Waals surface area contributed by atoms with Crippen molar-refractivity contribution in [3.63, 3.8) is 0 Å². The van der Waals surface area contributed by atoms with Gasteiger partial charge in [0.25, 0.3) is 11.5 Å². The van der Waals surface area contributed by atoms with Crippen LogP contribution in [0, 0.1) is 5.82 Å². The largest absolute Gasteiger partial charge is 0.360 e. The van der Waals surface area contributed by atoms with Crippen LogP contribution in [0.1, 0.15) is 49.3 Å². The Morgan fingerprint density at radius 1 is 1.35 bits per heavy atom. The average molecular weight is 453 g/mol. The van der Waals surface area contributed by atoms with Gasteiger partial charge in [0.15, 0.2) is 0 Å². The van der Waals surface area contributed by atoms with Gasteiger partial charge in [-0.05, 0) is 31.5 Å². The van der Waals surface area contributed by atoms with Crippen LogP contribution < -0.4 is 10.5 Å². The minimum Gasteiger partial charge on any atom is -0.360 e. The molecule has 0 unspecified atom stereocenters. The highest BCUT2D eigenvalue weighted by Crippen LogP contribution is 2.36. The van der Waals surface area contributed by atoms with Crippen molar-refractivity contribution in [1.82, 2.24) is 25.2 Å². The summed E-state index contributed by atoms with van der Waals surface area (Å²) in [6.07, 6.45) is 1.97. The first-order chi connectivity index (χ1) is 14.6. The van der Waals surface area contributed by atoms with Crippen molar-refractivity contribution < 1.29 is 13.2 Å². The summed E-state index contributed by atoms with van der Waals surface area (Å²) >= 11 is 6.16. The number of halogens is 4. The maximum Gasteiger partial charge on any atom is 0.285 e. The van der Waals surface area contributed by atoms with Crippen molar-refractivity contribution in [2.75, 3.05) is 4.90 Å². The molecule has 0 fully saturated rings. The molecule has 164 valence electrons. The van der Waals surface area contributed by atoms with Crippen LogP contribution in [-0.4, -0.2) is 31.2 Å². The van der Waals surface area contributed by atoms with E-state index in [4.69, 9.17) is 11.6 Å². The molecule has 0 bridgehead atoms. The maximum atomic E-state index is 14.1. The number of hydrogen-bond acceptors (Lipinski definition) is 5. The third kappa shape index (κ3) is 3.80. The van der Waals surface area contributed by atoms with E-state index in [1.54, 1.807) is 11.6 Å². The maximum absolute atomic E-state index is 14.1. The van der Waals surface area contributed by atoms with Gasteiger partial charge >= 0.3 is 0 Å². The van der Waals surface area contributed by atoms with E-state index in [9.17, 15) is 18.0 Å². The highest BCUT2D eigenvalue weighted by molar-refractivity contribution is 6.33. The number of H-pyrrole nitrogens is 1. The fourth-order valence-electron chi connectivity index (χ4n) is 4.00. The van der Waals surface area contributed by atoms with Gasteiger partial charge in [-0.2, -0.15) is 5.10 Å². The topological polar surface area (TPSA) is 79.7 Å². The van der Waals surface area contributed by atoms with E-state index in [-0.39, 0.29) is 22.2 Å². The molecule has 2 aromatic heterocycles. The molecule has 0 spiro atoms. The fraction of sp³-hybridized carbons (Fsp3) is 0.400. The molecule has 0 aliphatic carbocycles. The van der Waals surface area contributed by atoms with Gasteiger partial charge in [0.1, 0.15) is 16.5 Å². The van der Waals surface area contributed by atoms with Crippen LogP contribution in [0.5, 0.6) is 0 Å². The van der Waals surface area contributed by atoms with E-state index in [1.165, 1.54) is 12.3 Å². The molecule has 0 amide bonds. The number of rotatable bonds is 4. The first-order valence-corrected chi connectivity index (χ1v) is 10.1. The molecule has 2 atom stereocenters. The molecule has 7 nitrogen and oxygen atoms in total. The zero-order valence-corrected chi connectivity index (χ0v) is 17.8. The summed E-state index contributed by atoms with van der Waals surface area (Å²) in [5.41, 5.74) is 1.33. The number of alkyl halides is 2. The lowest BCUT2D eigenvalue weighted by Gasteiger charge is -2.35. The molecule has 1 N–H and O–H groups in total. The van der Waals surface area contributed by atoms with E-state index in [1.807, 2.05) is 11.8 Å². The molecular formula is C20H20ClF3N6O. The number of hydrogen-bond donors (Lipinski definition) is 1. The van der Waals surface area contributed by atoms with E-state index >= 15 is 0 Å². The summed E-state index contributed by atoms with van der Waals surface area (Å²) in [6.45, 7) is 4.75. The van der Waals surface area contributed by atoms with E-state index < -0.39 is 23.3 Å². The van der Waals surface area contributed by atoms with Crippen LogP contribution in [0.2, 0.25) is 5.02 Å². The predicted molar refractivity (Wildman–Crippen MR) is 109 cm³/mol. The molecule has 31 heavy (non-hydrogen) atoms. The predicted octanol–water partition coefficient (Wildman–Crippen LogP) is 3.83. The smallest absolute Gasteiger partial charge is 0.285 e. The monoisotopic (exact) mass is 452 g/mol. The molecular weight excluding hydrogens is 433 g/mol. The molecule has 3 aromatic rings. The first kappa shape index (κ1) is 21.4. The molecule has 0 saturated heterocycles. The van der Waals surface area contributed by atoms with Crippen LogP contribution in [0.4, 0.5) is 18.9 Å². The second kappa shape index (κ2) is 7.67. The quantitative estimate of drug-likeness (QED) is 0.651. The van der Waals surface area contributed by atoms with Gasteiger partial charge in [-0.1, -0.05) is 22.9 Å². The number of fused-ring (bicyclic) bond motifs is 1. The average Bonchev–Trinajstić information content (AvgIpc) is 3.11. The zero-order valence-electron chi connectivity index (χ0n) is 17.0. The van der Waals surface area contributed by atoms with Crippen LogP contribution in [-0.2, 0) is 18.9 Å². The van der Waals surface area contributed by atoms with Crippen molar-refractivity contribution in [1.29, 1.82) is 0 Å². The number of nitrogens with zero attached hydrogens (tertiary/aromatic N) is 5. The Morgan fingerprint density at radius 2 is 2.10 bits per heavy atom. The van der Waals surface area contributed by atoms with Gasteiger partial charge < -0.3 is 4.90 Å². The Labute approximate surface area is 180 Å². The van der Waals surface area contributed by atoms with Crippen LogP contribution >= 0.6 is 11.6 Å². The lowest BCUT2D eigenvalue weighted by Crippen LogP contribution is -2.40. The molecule has 1 aromatic carbocycles. The van der Waals surface area contributed by atoms with Gasteiger partial charge in [-0.25, -0.2) is 23.0 Å². The Morgan fingerprint density at radius 3 is 2.81 bits per heavy atom. The minimum absolute atomic E-state index is 0.0344. The second-order valence-corrected chi connectivity index (χ2v) is 8.18. The zero-order chi connectivity index (χ0) is 22.5. The molecule has 11 heteroatoms. The van der Waals surface area contributed by atoms with Crippen molar-refractivity contribution in [3.8, 4) is 0 Å². The summed E-state index contributed by atoms with van der Waals surface area (Å²) in [4.78, 5) is 13.7. The molecule has 1 aliphatic heterocycles. The highest BCUT2D eigenvalue weighted by atomic mass is 35.5. The van der Waals surface area contributed by atoms with Crippen LogP contribution in [0.25, 0.3) is 0 Å². The van der Waals surface area contributed by atoms with E-state index in [2.05, 4.69) is 20.5 Å². The van der Waals surface area contributed by atoms with Crippen molar-refractivity contribution >= 4 is 17.3 Å². The minimum atomic E-state index is -3.21. The molecule has 4 rings (SSSR count). The van der Waals surface area contributed by atoms with Crippen LogP contribution in [0.15, 0.2) is 29.2 Å². The summed E-state index contributed by atoms with van der Waals surface area (Å²) < 4.78 is 43.5. The van der Waals surface area contributed by atoms with E-state index in [0.29, 0.717) is 24.3 Å². The van der Waals surface area contributed by atoms with Gasteiger partial charge in [-0.15, -0.1) is 5.10 Å². The van der Waals surface area contributed by atoms with Gasteiger partial charge in [0, 0.05) is 24.9 Å². The van der Waals surface area contributed by atoms with E-state index in [0.717, 1.165) is 24.8 Å². The van der Waals surface area contributed by atoms with Gasteiger partial charge in [-0.3, -0.25) is 4.79 Å². The number of nitrogens with one attached hydrogen (secondary N) is 1. The highest BCUT2D eigenvalue weighted by Gasteiger charge is 2.34. The van der Waals surface area contributed by atoms with Crippen molar-refractivity contribution in [3.05, 3.63) is 68.1 Å². The Balaban J connectivity index is 1.71. The number of anilines is 1. The Hall–Kier alpha value is -2.88. The molecule has 1 aliphatic rings. The van der Waals surface area contributed by atoms with Crippen LogP contribution in [0.3, 0.4) is 0 Å². The third-order valence-corrected chi connectivity index (χ3v) is 5.97. The number of aromatic nitrogens is 5. The van der Waals surface area contributed by atoms with Gasteiger partial charge in [0.2, 0.25) is 0 Å². The number of benzene rings is 1. The SMILES string of the molecule is C[C@@H]1Cc2c(nnn2[C@H](C)c2ccc(F)cc2C(C)(F)F)CN1c1cn[nH]c(=O)c1Cl.